The highest BCUT2D eigenvalue weighted by molar-refractivity contribution is 7.11. The molecule has 0 aliphatic heterocycles. The van der Waals surface area contributed by atoms with Gasteiger partial charge in [0, 0.05) is 30.1 Å². The molecule has 0 aliphatic rings. The summed E-state index contributed by atoms with van der Waals surface area (Å²) in [5.74, 6) is 0.538. The lowest BCUT2D eigenvalue weighted by molar-refractivity contribution is 0.701. The standard InChI is InChI=1S/C12H16N2S2/c1-9(2)12-14-7-11(16-12)6-13-5-10-3-4-15-8-10/h3-4,7-9,13H,5-6H2,1-2H3. The number of nitrogens with one attached hydrogen (secondary N) is 1. The zero-order valence-electron chi connectivity index (χ0n) is 9.56. The van der Waals surface area contributed by atoms with Crippen molar-refractivity contribution in [2.45, 2.75) is 32.9 Å². The molecule has 0 atom stereocenters. The van der Waals surface area contributed by atoms with Crippen molar-refractivity contribution in [3.8, 4) is 0 Å². The normalized spacial score (nSPS) is 11.2. The topological polar surface area (TPSA) is 24.9 Å². The third-order valence-corrected chi connectivity index (χ3v) is 4.30. The van der Waals surface area contributed by atoms with Crippen LogP contribution in [0.5, 0.6) is 0 Å². The van der Waals surface area contributed by atoms with Crippen LogP contribution in [0, 0.1) is 0 Å². The number of thiophene rings is 1. The Bertz CT molecular complexity index is 418. The minimum absolute atomic E-state index is 0.538. The van der Waals surface area contributed by atoms with Gasteiger partial charge in [-0.05, 0) is 22.4 Å². The van der Waals surface area contributed by atoms with E-state index in [4.69, 9.17) is 0 Å². The van der Waals surface area contributed by atoms with Gasteiger partial charge in [0.25, 0.3) is 0 Å². The summed E-state index contributed by atoms with van der Waals surface area (Å²) in [7, 11) is 0. The third-order valence-electron chi connectivity index (χ3n) is 2.27. The van der Waals surface area contributed by atoms with Crippen LogP contribution in [0.3, 0.4) is 0 Å². The van der Waals surface area contributed by atoms with Crippen LogP contribution in [-0.2, 0) is 13.1 Å². The monoisotopic (exact) mass is 252 g/mol. The fraction of sp³-hybridized carbons (Fsp3) is 0.417. The zero-order valence-corrected chi connectivity index (χ0v) is 11.2. The van der Waals surface area contributed by atoms with Gasteiger partial charge in [-0.2, -0.15) is 11.3 Å². The first-order valence-electron chi connectivity index (χ1n) is 5.42. The highest BCUT2D eigenvalue weighted by atomic mass is 32.1. The SMILES string of the molecule is CC(C)c1ncc(CNCc2ccsc2)s1. The van der Waals surface area contributed by atoms with Crippen LogP contribution in [0.15, 0.2) is 23.0 Å². The van der Waals surface area contributed by atoms with Crippen LogP contribution in [0.4, 0.5) is 0 Å². The van der Waals surface area contributed by atoms with Gasteiger partial charge in [-0.15, -0.1) is 11.3 Å². The second-order valence-electron chi connectivity index (χ2n) is 4.05. The molecule has 0 amide bonds. The van der Waals surface area contributed by atoms with Crippen LogP contribution in [0.25, 0.3) is 0 Å². The molecule has 0 bridgehead atoms. The van der Waals surface area contributed by atoms with E-state index in [0.717, 1.165) is 13.1 Å². The van der Waals surface area contributed by atoms with Crippen LogP contribution >= 0.6 is 22.7 Å². The van der Waals surface area contributed by atoms with Gasteiger partial charge in [0.15, 0.2) is 0 Å². The van der Waals surface area contributed by atoms with Crippen molar-refractivity contribution < 1.29 is 0 Å². The lowest BCUT2D eigenvalue weighted by Crippen LogP contribution is -2.10. The first-order valence-corrected chi connectivity index (χ1v) is 7.18. The molecule has 16 heavy (non-hydrogen) atoms. The molecular formula is C12H16N2S2. The lowest BCUT2D eigenvalue weighted by Gasteiger charge is -2.00. The van der Waals surface area contributed by atoms with E-state index in [1.807, 2.05) is 17.5 Å². The molecule has 4 heteroatoms. The quantitative estimate of drug-likeness (QED) is 0.879. The minimum atomic E-state index is 0.538. The van der Waals surface area contributed by atoms with E-state index in [9.17, 15) is 0 Å². The molecule has 0 spiro atoms. The number of nitrogens with zero attached hydrogens (tertiary/aromatic N) is 1. The molecule has 2 nitrogen and oxygen atoms in total. The maximum Gasteiger partial charge on any atom is 0.0953 e. The van der Waals surface area contributed by atoms with Crippen LogP contribution in [-0.4, -0.2) is 4.98 Å². The highest BCUT2D eigenvalue weighted by Crippen LogP contribution is 2.20. The number of rotatable bonds is 5. The summed E-state index contributed by atoms with van der Waals surface area (Å²) >= 11 is 3.55. The summed E-state index contributed by atoms with van der Waals surface area (Å²) in [6.07, 6.45) is 1.99. The van der Waals surface area contributed by atoms with Gasteiger partial charge < -0.3 is 5.32 Å². The average Bonchev–Trinajstić information content (AvgIpc) is 2.87. The molecule has 0 fully saturated rings. The Labute approximate surface area is 104 Å². The molecule has 1 N–H and O–H groups in total. The predicted molar refractivity (Wildman–Crippen MR) is 71.1 cm³/mol. The maximum absolute atomic E-state index is 4.41. The molecule has 0 radical (unpaired) electrons. The van der Waals surface area contributed by atoms with Crippen molar-refractivity contribution in [2.24, 2.45) is 0 Å². The Morgan fingerprint density at radius 3 is 2.88 bits per heavy atom. The largest absolute Gasteiger partial charge is 0.308 e. The fourth-order valence-corrected chi connectivity index (χ4v) is 2.95. The number of thiazole rings is 1. The predicted octanol–water partition coefficient (Wildman–Crippen LogP) is 3.62. The summed E-state index contributed by atoms with van der Waals surface area (Å²) in [5.41, 5.74) is 1.36. The first-order chi connectivity index (χ1) is 7.75. The van der Waals surface area contributed by atoms with Crippen molar-refractivity contribution in [1.82, 2.24) is 10.3 Å². The first kappa shape index (κ1) is 11.8. The molecule has 86 valence electrons. The van der Waals surface area contributed by atoms with E-state index < -0.39 is 0 Å². The number of hydrogen-bond acceptors (Lipinski definition) is 4. The zero-order chi connectivity index (χ0) is 11.4. The molecule has 2 rings (SSSR count). The summed E-state index contributed by atoms with van der Waals surface area (Å²) in [4.78, 5) is 5.73. The molecule has 0 unspecified atom stereocenters. The lowest BCUT2D eigenvalue weighted by atomic mass is 10.2. The van der Waals surface area contributed by atoms with E-state index in [1.165, 1.54) is 15.4 Å². The van der Waals surface area contributed by atoms with Crippen molar-refractivity contribution in [3.05, 3.63) is 38.5 Å². The molecule has 2 heterocycles. The molecular weight excluding hydrogens is 236 g/mol. The van der Waals surface area contributed by atoms with E-state index in [-0.39, 0.29) is 0 Å². The highest BCUT2D eigenvalue weighted by Gasteiger charge is 2.05. The average molecular weight is 252 g/mol. The van der Waals surface area contributed by atoms with E-state index >= 15 is 0 Å². The Morgan fingerprint density at radius 2 is 2.25 bits per heavy atom. The molecule has 0 aliphatic carbocycles. The fourth-order valence-electron chi connectivity index (χ4n) is 1.39. The Balaban J connectivity index is 1.81. The van der Waals surface area contributed by atoms with E-state index in [2.05, 4.69) is 41.0 Å². The second-order valence-corrected chi connectivity index (χ2v) is 5.98. The van der Waals surface area contributed by atoms with Crippen LogP contribution in [0.2, 0.25) is 0 Å². The molecule has 0 aromatic carbocycles. The van der Waals surface area contributed by atoms with Gasteiger partial charge in [-0.3, -0.25) is 0 Å². The number of hydrogen-bond donors (Lipinski definition) is 1. The van der Waals surface area contributed by atoms with Gasteiger partial charge in [0.05, 0.1) is 5.01 Å². The molecule has 2 aromatic rings. The van der Waals surface area contributed by atoms with Gasteiger partial charge in [0.1, 0.15) is 0 Å². The summed E-state index contributed by atoms with van der Waals surface area (Å²) < 4.78 is 0. The minimum Gasteiger partial charge on any atom is -0.308 e. The van der Waals surface area contributed by atoms with Crippen molar-refractivity contribution in [1.29, 1.82) is 0 Å². The van der Waals surface area contributed by atoms with Crippen molar-refractivity contribution in [3.63, 3.8) is 0 Å². The Morgan fingerprint density at radius 1 is 1.38 bits per heavy atom. The van der Waals surface area contributed by atoms with Gasteiger partial charge >= 0.3 is 0 Å². The summed E-state index contributed by atoms with van der Waals surface area (Å²) in [6.45, 7) is 6.22. The van der Waals surface area contributed by atoms with E-state index in [1.54, 1.807) is 11.3 Å². The maximum atomic E-state index is 4.41. The van der Waals surface area contributed by atoms with Crippen LogP contribution in [0.1, 0.15) is 35.2 Å². The number of aromatic nitrogens is 1. The van der Waals surface area contributed by atoms with Gasteiger partial charge in [-0.25, -0.2) is 4.98 Å². The van der Waals surface area contributed by atoms with Crippen molar-refractivity contribution in [2.75, 3.05) is 0 Å². The third kappa shape index (κ3) is 3.14. The smallest absolute Gasteiger partial charge is 0.0953 e. The summed E-state index contributed by atoms with van der Waals surface area (Å²) in [5, 5.41) is 8.95. The van der Waals surface area contributed by atoms with Gasteiger partial charge in [0.2, 0.25) is 0 Å². The Kier molecular flexibility index (Phi) is 4.09. The van der Waals surface area contributed by atoms with Crippen LogP contribution < -0.4 is 5.32 Å². The molecule has 0 saturated carbocycles. The molecule has 0 saturated heterocycles. The Hall–Kier alpha value is -0.710. The van der Waals surface area contributed by atoms with Crippen molar-refractivity contribution >= 4 is 22.7 Å². The second kappa shape index (κ2) is 5.57. The van der Waals surface area contributed by atoms with Gasteiger partial charge in [-0.1, -0.05) is 13.8 Å². The summed E-state index contributed by atoms with van der Waals surface area (Å²) in [6, 6.07) is 2.16. The van der Waals surface area contributed by atoms with E-state index in [0.29, 0.717) is 5.92 Å². The molecule has 2 aromatic heterocycles.